The van der Waals surface area contributed by atoms with E-state index in [0.717, 1.165) is 24.9 Å². The summed E-state index contributed by atoms with van der Waals surface area (Å²) < 4.78 is 28.2. The van der Waals surface area contributed by atoms with Gasteiger partial charge in [-0.1, -0.05) is 19.3 Å². The maximum atomic E-state index is 14.0. The van der Waals surface area contributed by atoms with Crippen LogP contribution in [0, 0.1) is 23.5 Å². The van der Waals surface area contributed by atoms with Crippen LogP contribution in [0.25, 0.3) is 0 Å². The third-order valence-electron chi connectivity index (χ3n) is 4.90. The Hall–Kier alpha value is -0.480. The molecule has 1 aromatic carbocycles. The molecule has 0 N–H and O–H groups in total. The molecule has 20 heavy (non-hydrogen) atoms. The van der Waals surface area contributed by atoms with E-state index in [1.54, 1.807) is 0 Å². The Kier molecular flexibility index (Phi) is 4.41. The zero-order valence-electron chi connectivity index (χ0n) is 11.5. The van der Waals surface area contributed by atoms with E-state index in [9.17, 15) is 8.78 Å². The molecule has 1 aromatic rings. The topological polar surface area (TPSA) is 3.24 Å². The van der Waals surface area contributed by atoms with Gasteiger partial charge < -0.3 is 0 Å². The van der Waals surface area contributed by atoms with Crippen LogP contribution >= 0.6 is 15.9 Å². The van der Waals surface area contributed by atoms with Crippen LogP contribution in [0.1, 0.15) is 37.7 Å². The Morgan fingerprint density at radius 1 is 1.10 bits per heavy atom. The molecule has 0 radical (unpaired) electrons. The third kappa shape index (κ3) is 2.91. The van der Waals surface area contributed by atoms with Gasteiger partial charge in [-0.3, -0.25) is 4.90 Å². The van der Waals surface area contributed by atoms with E-state index in [4.69, 9.17) is 0 Å². The van der Waals surface area contributed by atoms with Crippen LogP contribution in [0.4, 0.5) is 8.78 Å². The standard InChI is InChI=1S/C16H20BrF2N/c17-14-5-6-15(18)13(16(14)19)10-20-8-7-11-3-1-2-4-12(11)9-20/h5-6,11-12H,1-4,7-10H2. The molecule has 2 unspecified atom stereocenters. The Labute approximate surface area is 127 Å². The van der Waals surface area contributed by atoms with Gasteiger partial charge in [-0.15, -0.1) is 0 Å². The van der Waals surface area contributed by atoms with E-state index < -0.39 is 11.6 Å². The highest BCUT2D eigenvalue weighted by atomic mass is 79.9. The molecule has 1 heterocycles. The first kappa shape index (κ1) is 14.5. The summed E-state index contributed by atoms with van der Waals surface area (Å²) in [5.41, 5.74) is 0.202. The molecule has 3 rings (SSSR count). The van der Waals surface area contributed by atoms with Gasteiger partial charge in [-0.25, -0.2) is 8.78 Å². The van der Waals surface area contributed by atoms with Crippen molar-refractivity contribution in [1.29, 1.82) is 0 Å². The lowest BCUT2D eigenvalue weighted by molar-refractivity contribution is 0.0805. The number of nitrogens with zero attached hydrogens (tertiary/aromatic N) is 1. The van der Waals surface area contributed by atoms with Gasteiger partial charge in [0.15, 0.2) is 0 Å². The van der Waals surface area contributed by atoms with E-state index in [1.807, 2.05) is 0 Å². The van der Waals surface area contributed by atoms with Gasteiger partial charge in [-0.05, 0) is 59.3 Å². The average Bonchev–Trinajstić information content (AvgIpc) is 2.47. The summed E-state index contributed by atoms with van der Waals surface area (Å²) in [4.78, 5) is 2.22. The van der Waals surface area contributed by atoms with Crippen LogP contribution < -0.4 is 0 Å². The van der Waals surface area contributed by atoms with E-state index in [2.05, 4.69) is 20.8 Å². The van der Waals surface area contributed by atoms with Crippen LogP contribution in [-0.4, -0.2) is 18.0 Å². The first-order chi connectivity index (χ1) is 9.65. The molecule has 1 nitrogen and oxygen atoms in total. The number of rotatable bonds is 2. The minimum Gasteiger partial charge on any atom is -0.299 e. The number of halogens is 3. The van der Waals surface area contributed by atoms with Gasteiger partial charge in [0.2, 0.25) is 0 Å². The van der Waals surface area contributed by atoms with Gasteiger partial charge in [-0.2, -0.15) is 0 Å². The summed E-state index contributed by atoms with van der Waals surface area (Å²) >= 11 is 3.14. The van der Waals surface area contributed by atoms with Crippen LogP contribution in [0.5, 0.6) is 0 Å². The quantitative estimate of drug-likeness (QED) is 0.701. The molecular formula is C16H20BrF2N. The zero-order valence-corrected chi connectivity index (χ0v) is 13.1. The van der Waals surface area contributed by atoms with Crippen molar-refractivity contribution in [2.75, 3.05) is 13.1 Å². The summed E-state index contributed by atoms with van der Waals surface area (Å²) in [6.45, 7) is 2.35. The van der Waals surface area contributed by atoms with Crippen LogP contribution in [-0.2, 0) is 6.54 Å². The molecule has 1 saturated heterocycles. The molecule has 0 spiro atoms. The van der Waals surface area contributed by atoms with Crippen molar-refractivity contribution in [3.05, 3.63) is 33.8 Å². The molecule has 2 fully saturated rings. The molecule has 1 saturated carbocycles. The fourth-order valence-electron chi connectivity index (χ4n) is 3.76. The first-order valence-electron chi connectivity index (χ1n) is 7.50. The van der Waals surface area contributed by atoms with Crippen molar-refractivity contribution in [2.24, 2.45) is 11.8 Å². The second-order valence-electron chi connectivity index (χ2n) is 6.15. The lowest BCUT2D eigenvalue weighted by Gasteiger charge is -2.41. The van der Waals surface area contributed by atoms with Crippen molar-refractivity contribution in [3.63, 3.8) is 0 Å². The largest absolute Gasteiger partial charge is 0.299 e. The van der Waals surface area contributed by atoms with E-state index in [-0.39, 0.29) is 5.56 Å². The van der Waals surface area contributed by atoms with Crippen LogP contribution in [0.2, 0.25) is 0 Å². The van der Waals surface area contributed by atoms with Crippen molar-refractivity contribution >= 4 is 15.9 Å². The Bertz CT molecular complexity index is 492. The summed E-state index contributed by atoms with van der Waals surface area (Å²) in [7, 11) is 0. The normalized spacial score (nSPS) is 27.4. The number of piperidine rings is 1. The molecule has 2 aliphatic rings. The minimum absolute atomic E-state index is 0.202. The summed E-state index contributed by atoms with van der Waals surface area (Å²) in [5.74, 6) is 0.695. The molecule has 0 aromatic heterocycles. The van der Waals surface area contributed by atoms with Crippen molar-refractivity contribution in [2.45, 2.75) is 38.6 Å². The minimum atomic E-state index is -0.448. The Balaban J connectivity index is 1.71. The number of fused-ring (bicyclic) bond motifs is 1. The SMILES string of the molecule is Fc1ccc(Br)c(F)c1CN1CCC2CCCCC2C1. The average molecular weight is 344 g/mol. The molecular weight excluding hydrogens is 324 g/mol. The van der Waals surface area contributed by atoms with Gasteiger partial charge in [0, 0.05) is 18.7 Å². The number of hydrogen-bond donors (Lipinski definition) is 0. The predicted octanol–water partition coefficient (Wildman–Crippen LogP) is 4.74. The van der Waals surface area contributed by atoms with Gasteiger partial charge in [0.1, 0.15) is 11.6 Å². The van der Waals surface area contributed by atoms with Crippen molar-refractivity contribution in [3.8, 4) is 0 Å². The molecule has 1 aliphatic carbocycles. The molecule has 1 aliphatic heterocycles. The molecule has 0 bridgehead atoms. The number of benzene rings is 1. The fourth-order valence-corrected chi connectivity index (χ4v) is 4.13. The maximum Gasteiger partial charge on any atom is 0.144 e. The lowest BCUT2D eigenvalue weighted by Crippen LogP contribution is -2.41. The highest BCUT2D eigenvalue weighted by Crippen LogP contribution is 2.36. The highest BCUT2D eigenvalue weighted by Gasteiger charge is 2.31. The fraction of sp³-hybridized carbons (Fsp3) is 0.625. The summed E-state index contributed by atoms with van der Waals surface area (Å²) in [5, 5.41) is 0. The van der Waals surface area contributed by atoms with E-state index in [1.165, 1.54) is 44.2 Å². The van der Waals surface area contributed by atoms with Gasteiger partial charge in [0.25, 0.3) is 0 Å². The van der Waals surface area contributed by atoms with E-state index in [0.29, 0.717) is 11.0 Å². The second-order valence-corrected chi connectivity index (χ2v) is 7.00. The number of hydrogen-bond acceptors (Lipinski definition) is 1. The number of likely N-dealkylation sites (tertiary alicyclic amines) is 1. The maximum absolute atomic E-state index is 14.0. The van der Waals surface area contributed by atoms with Gasteiger partial charge in [0.05, 0.1) is 4.47 Å². The summed E-state index contributed by atoms with van der Waals surface area (Å²) in [6, 6.07) is 2.78. The molecule has 0 amide bonds. The lowest BCUT2D eigenvalue weighted by atomic mass is 9.75. The summed E-state index contributed by atoms with van der Waals surface area (Å²) in [6.07, 6.45) is 6.48. The smallest absolute Gasteiger partial charge is 0.144 e. The van der Waals surface area contributed by atoms with E-state index >= 15 is 0 Å². The molecule has 2 atom stereocenters. The van der Waals surface area contributed by atoms with Crippen molar-refractivity contribution in [1.82, 2.24) is 4.90 Å². The first-order valence-corrected chi connectivity index (χ1v) is 8.29. The van der Waals surface area contributed by atoms with Gasteiger partial charge >= 0.3 is 0 Å². The monoisotopic (exact) mass is 343 g/mol. The zero-order chi connectivity index (χ0) is 14.1. The predicted molar refractivity (Wildman–Crippen MR) is 79.4 cm³/mol. The molecule has 4 heteroatoms. The Morgan fingerprint density at radius 3 is 2.65 bits per heavy atom. The van der Waals surface area contributed by atoms with Crippen molar-refractivity contribution < 1.29 is 8.78 Å². The van der Waals surface area contributed by atoms with Crippen LogP contribution in [0.15, 0.2) is 16.6 Å². The van der Waals surface area contributed by atoms with Crippen LogP contribution in [0.3, 0.4) is 0 Å². The Morgan fingerprint density at radius 2 is 1.85 bits per heavy atom. The third-order valence-corrected chi connectivity index (χ3v) is 5.51. The second kappa shape index (κ2) is 6.10. The molecule has 110 valence electrons. The highest BCUT2D eigenvalue weighted by molar-refractivity contribution is 9.10.